The smallest absolute Gasteiger partial charge is 0.420 e. The highest BCUT2D eigenvalue weighted by Gasteiger charge is 2.50. The summed E-state index contributed by atoms with van der Waals surface area (Å²) in [5, 5.41) is 5.36. The lowest BCUT2D eigenvalue weighted by molar-refractivity contribution is -0.138. The zero-order chi connectivity index (χ0) is 22.6. The number of carbonyl (C=O) groups is 2. The van der Waals surface area contributed by atoms with E-state index in [9.17, 15) is 22.8 Å². The summed E-state index contributed by atoms with van der Waals surface area (Å²) in [4.78, 5) is 23.8. The summed E-state index contributed by atoms with van der Waals surface area (Å²) in [5.41, 5.74) is 4.13. The normalized spacial score (nSPS) is 14.5. The molecule has 0 radical (unpaired) electrons. The van der Waals surface area contributed by atoms with Crippen molar-refractivity contribution >= 4 is 11.8 Å². The molecule has 4 N–H and O–H groups in total. The Balaban J connectivity index is 1.63. The van der Waals surface area contributed by atoms with Crippen LogP contribution in [0.4, 0.5) is 13.2 Å². The lowest BCUT2D eigenvalue weighted by Gasteiger charge is -2.17. The van der Waals surface area contributed by atoms with Gasteiger partial charge in [-0.25, -0.2) is 0 Å². The van der Waals surface area contributed by atoms with Crippen molar-refractivity contribution in [1.29, 1.82) is 0 Å². The summed E-state index contributed by atoms with van der Waals surface area (Å²) in [6.45, 7) is -0.00354. The molecule has 0 saturated heterocycles. The molecule has 0 aliphatic heterocycles. The predicted octanol–water partition coefficient (Wildman–Crippen LogP) is 2.73. The van der Waals surface area contributed by atoms with Gasteiger partial charge >= 0.3 is 6.18 Å². The van der Waals surface area contributed by atoms with Gasteiger partial charge in [0.05, 0.1) is 13.7 Å². The van der Waals surface area contributed by atoms with E-state index in [0.717, 1.165) is 6.07 Å². The number of amides is 2. The van der Waals surface area contributed by atoms with Crippen molar-refractivity contribution in [2.24, 2.45) is 5.73 Å². The second-order valence-corrected chi connectivity index (χ2v) is 7.12. The monoisotopic (exact) mass is 437 g/mol. The van der Waals surface area contributed by atoms with Gasteiger partial charge in [0.25, 0.3) is 0 Å². The lowest BCUT2D eigenvalue weighted by Crippen LogP contribution is -2.50. The SMILES string of the molecule is COc1ccc(Oc2ccc(CNC(=O)C3(NC(=O)CN)CC3)cc2)c(C(F)(F)F)c1. The Hall–Kier alpha value is -3.27. The predicted molar refractivity (Wildman–Crippen MR) is 106 cm³/mol. The Morgan fingerprint density at radius 3 is 2.29 bits per heavy atom. The van der Waals surface area contributed by atoms with Crippen LogP contribution in [0.1, 0.15) is 24.0 Å². The van der Waals surface area contributed by atoms with E-state index >= 15 is 0 Å². The van der Waals surface area contributed by atoms with Gasteiger partial charge in [0.1, 0.15) is 28.4 Å². The zero-order valence-corrected chi connectivity index (χ0v) is 16.7. The first kappa shape index (κ1) is 22.4. The van der Waals surface area contributed by atoms with Crippen LogP contribution in [0.25, 0.3) is 0 Å². The number of halogens is 3. The van der Waals surface area contributed by atoms with Crippen molar-refractivity contribution in [1.82, 2.24) is 10.6 Å². The van der Waals surface area contributed by atoms with Crippen molar-refractivity contribution < 1.29 is 32.2 Å². The molecule has 1 saturated carbocycles. The first-order valence-corrected chi connectivity index (χ1v) is 9.48. The van der Waals surface area contributed by atoms with Crippen LogP contribution < -0.4 is 25.8 Å². The first-order chi connectivity index (χ1) is 14.7. The number of alkyl halides is 3. The highest BCUT2D eigenvalue weighted by Crippen LogP contribution is 2.40. The van der Waals surface area contributed by atoms with Crippen LogP contribution in [0, 0.1) is 0 Å². The van der Waals surface area contributed by atoms with E-state index in [2.05, 4.69) is 10.6 Å². The number of methoxy groups -OCH3 is 1. The van der Waals surface area contributed by atoms with Gasteiger partial charge in [-0.15, -0.1) is 0 Å². The summed E-state index contributed by atoms with van der Waals surface area (Å²) in [6, 6.07) is 9.72. The summed E-state index contributed by atoms with van der Waals surface area (Å²) in [5.74, 6) is -0.768. The Kier molecular flexibility index (Phi) is 6.40. The number of rotatable bonds is 8. The van der Waals surface area contributed by atoms with Gasteiger partial charge in [0.15, 0.2) is 0 Å². The molecule has 7 nitrogen and oxygen atoms in total. The van der Waals surface area contributed by atoms with E-state index in [1.54, 1.807) is 12.1 Å². The Bertz CT molecular complexity index is 957. The average Bonchev–Trinajstić information content (AvgIpc) is 3.53. The van der Waals surface area contributed by atoms with Crippen LogP contribution >= 0.6 is 0 Å². The van der Waals surface area contributed by atoms with Gasteiger partial charge in [0, 0.05) is 6.54 Å². The number of hydrogen-bond acceptors (Lipinski definition) is 5. The maximum atomic E-state index is 13.3. The summed E-state index contributed by atoms with van der Waals surface area (Å²) < 4.78 is 50.2. The molecule has 0 atom stereocenters. The van der Waals surface area contributed by atoms with Crippen molar-refractivity contribution in [2.75, 3.05) is 13.7 Å². The second kappa shape index (κ2) is 8.84. The van der Waals surface area contributed by atoms with Crippen LogP contribution in [0.3, 0.4) is 0 Å². The van der Waals surface area contributed by atoms with Gasteiger partial charge in [-0.3, -0.25) is 9.59 Å². The molecule has 166 valence electrons. The van der Waals surface area contributed by atoms with Gasteiger partial charge in [-0.05, 0) is 48.7 Å². The Morgan fingerprint density at radius 1 is 1.10 bits per heavy atom. The maximum absolute atomic E-state index is 13.3. The van der Waals surface area contributed by atoms with Gasteiger partial charge in [-0.2, -0.15) is 13.2 Å². The molecule has 0 spiro atoms. The van der Waals surface area contributed by atoms with Gasteiger partial charge in [0.2, 0.25) is 11.8 Å². The van der Waals surface area contributed by atoms with E-state index in [-0.39, 0.29) is 36.2 Å². The topological polar surface area (TPSA) is 103 Å². The molecule has 10 heteroatoms. The zero-order valence-electron chi connectivity index (χ0n) is 16.7. The fourth-order valence-corrected chi connectivity index (χ4v) is 2.95. The quantitative estimate of drug-likeness (QED) is 0.589. The molecule has 1 fully saturated rings. The van der Waals surface area contributed by atoms with Crippen LogP contribution in [0.15, 0.2) is 42.5 Å². The molecule has 31 heavy (non-hydrogen) atoms. The fraction of sp³-hybridized carbons (Fsp3) is 0.333. The largest absolute Gasteiger partial charge is 0.497 e. The highest BCUT2D eigenvalue weighted by molar-refractivity contribution is 5.94. The number of benzene rings is 2. The number of hydrogen-bond donors (Lipinski definition) is 3. The summed E-state index contributed by atoms with van der Waals surface area (Å²) in [6.07, 6.45) is -3.52. The summed E-state index contributed by atoms with van der Waals surface area (Å²) >= 11 is 0. The first-order valence-electron chi connectivity index (χ1n) is 9.48. The molecule has 0 aromatic heterocycles. The number of carbonyl (C=O) groups excluding carboxylic acids is 2. The van der Waals surface area contributed by atoms with E-state index in [0.29, 0.717) is 18.4 Å². The van der Waals surface area contributed by atoms with E-state index in [1.165, 1.54) is 31.4 Å². The molecule has 1 aliphatic carbocycles. The minimum Gasteiger partial charge on any atom is -0.497 e. The molecule has 0 heterocycles. The van der Waals surface area contributed by atoms with E-state index in [4.69, 9.17) is 15.2 Å². The minimum absolute atomic E-state index is 0.0712. The van der Waals surface area contributed by atoms with Crippen LogP contribution in [0.5, 0.6) is 17.2 Å². The lowest BCUT2D eigenvalue weighted by atomic mass is 10.1. The molecule has 3 rings (SSSR count). The van der Waals surface area contributed by atoms with Crippen LogP contribution in [-0.4, -0.2) is 31.0 Å². The molecular formula is C21H22F3N3O4. The number of nitrogens with two attached hydrogens (primary N) is 1. The molecule has 0 bridgehead atoms. The average molecular weight is 437 g/mol. The Labute approximate surface area is 176 Å². The molecule has 0 unspecified atom stereocenters. The third kappa shape index (κ3) is 5.46. The summed E-state index contributed by atoms with van der Waals surface area (Å²) in [7, 11) is 1.28. The van der Waals surface area contributed by atoms with Crippen LogP contribution in [-0.2, 0) is 22.3 Å². The van der Waals surface area contributed by atoms with E-state index < -0.39 is 23.2 Å². The molecule has 2 amide bonds. The molecule has 1 aliphatic rings. The minimum atomic E-state index is -4.60. The van der Waals surface area contributed by atoms with Gasteiger partial charge in [-0.1, -0.05) is 12.1 Å². The molecule has 2 aromatic carbocycles. The van der Waals surface area contributed by atoms with Gasteiger partial charge < -0.3 is 25.8 Å². The second-order valence-electron chi connectivity index (χ2n) is 7.12. The number of nitrogens with one attached hydrogen (secondary N) is 2. The standard InChI is InChI=1S/C21H22F3N3O4/c1-30-15-6-7-17(16(10-15)21(22,23)24)31-14-4-2-13(3-5-14)12-26-19(29)20(8-9-20)27-18(28)11-25/h2-7,10H,8-9,11-12,25H2,1H3,(H,26,29)(H,27,28). The Morgan fingerprint density at radius 2 is 1.74 bits per heavy atom. The number of ether oxygens (including phenoxy) is 2. The molecular weight excluding hydrogens is 415 g/mol. The fourth-order valence-electron chi connectivity index (χ4n) is 2.95. The third-order valence-corrected chi connectivity index (χ3v) is 4.85. The van der Waals surface area contributed by atoms with Crippen molar-refractivity contribution in [3.05, 3.63) is 53.6 Å². The third-order valence-electron chi connectivity index (χ3n) is 4.85. The van der Waals surface area contributed by atoms with Crippen LogP contribution in [0.2, 0.25) is 0 Å². The molecule has 2 aromatic rings. The highest BCUT2D eigenvalue weighted by atomic mass is 19.4. The van der Waals surface area contributed by atoms with Crippen molar-refractivity contribution in [3.8, 4) is 17.2 Å². The maximum Gasteiger partial charge on any atom is 0.420 e. The van der Waals surface area contributed by atoms with E-state index in [1.807, 2.05) is 0 Å². The van der Waals surface area contributed by atoms with Crippen molar-refractivity contribution in [2.45, 2.75) is 31.1 Å². The van der Waals surface area contributed by atoms with Crippen molar-refractivity contribution in [3.63, 3.8) is 0 Å².